The molecule has 5 nitrogen and oxygen atoms in total. The second-order valence-electron chi connectivity index (χ2n) is 5.28. The van der Waals surface area contributed by atoms with E-state index >= 15 is 0 Å². The van der Waals surface area contributed by atoms with Crippen LogP contribution in [0.5, 0.6) is 11.5 Å². The van der Waals surface area contributed by atoms with Gasteiger partial charge >= 0.3 is 0 Å². The number of rotatable bonds is 7. The van der Waals surface area contributed by atoms with Crippen LogP contribution in [-0.2, 0) is 13.0 Å². The van der Waals surface area contributed by atoms with Crippen LogP contribution in [0.25, 0.3) is 0 Å². The van der Waals surface area contributed by atoms with Gasteiger partial charge in [-0.25, -0.2) is 0 Å². The molecular weight excluding hydrogens is 302 g/mol. The van der Waals surface area contributed by atoms with E-state index in [-0.39, 0.29) is 0 Å². The normalized spacial score (nSPS) is 11.0. The third-order valence-electron chi connectivity index (χ3n) is 3.68. The lowest BCUT2D eigenvalue weighted by atomic mass is 10.1. The van der Waals surface area contributed by atoms with Gasteiger partial charge in [0.15, 0.2) is 17.5 Å². The lowest BCUT2D eigenvalue weighted by Gasteiger charge is -2.13. The maximum Gasteiger partial charge on any atom is 0.191 e. The number of nitrogens with one attached hydrogen (secondary N) is 2. The molecule has 0 atom stereocenters. The number of nitrogens with zero attached hydrogens (tertiary/aromatic N) is 1. The molecule has 0 aliphatic heterocycles. The fourth-order valence-corrected chi connectivity index (χ4v) is 2.36. The van der Waals surface area contributed by atoms with E-state index in [1.807, 2.05) is 36.4 Å². The SMILES string of the molecule is CN=C(NCCc1ccc(OC)c(OC)c1)NCc1ccccc1. The standard InChI is InChI=1S/C19H25N3O2/c1-20-19(22-14-16-7-5-4-6-8-16)21-12-11-15-9-10-17(23-2)18(13-15)24-3/h4-10,13H,11-12,14H2,1-3H3,(H2,20,21,22). The highest BCUT2D eigenvalue weighted by Gasteiger charge is 2.05. The Kier molecular flexibility index (Phi) is 6.95. The smallest absolute Gasteiger partial charge is 0.191 e. The lowest BCUT2D eigenvalue weighted by Crippen LogP contribution is -2.37. The number of hydrogen-bond acceptors (Lipinski definition) is 3. The summed E-state index contributed by atoms with van der Waals surface area (Å²) in [5.74, 6) is 2.29. The predicted octanol–water partition coefficient (Wildman–Crippen LogP) is 2.61. The Labute approximate surface area is 143 Å². The highest BCUT2D eigenvalue weighted by Crippen LogP contribution is 2.27. The van der Waals surface area contributed by atoms with Gasteiger partial charge in [-0.2, -0.15) is 0 Å². The average molecular weight is 327 g/mol. The Hall–Kier alpha value is -2.69. The first-order valence-electron chi connectivity index (χ1n) is 7.96. The molecule has 0 aromatic heterocycles. The van der Waals surface area contributed by atoms with Gasteiger partial charge in [0.25, 0.3) is 0 Å². The quantitative estimate of drug-likeness (QED) is 0.606. The monoisotopic (exact) mass is 327 g/mol. The van der Waals surface area contributed by atoms with Gasteiger partial charge in [0, 0.05) is 20.1 Å². The van der Waals surface area contributed by atoms with Gasteiger partial charge in [0.05, 0.1) is 14.2 Å². The Morgan fingerprint density at radius 3 is 2.33 bits per heavy atom. The number of ether oxygens (including phenoxy) is 2. The van der Waals surface area contributed by atoms with Crippen molar-refractivity contribution in [2.45, 2.75) is 13.0 Å². The molecule has 2 aromatic carbocycles. The predicted molar refractivity (Wildman–Crippen MR) is 97.9 cm³/mol. The molecule has 2 rings (SSSR count). The van der Waals surface area contributed by atoms with Gasteiger partial charge in [0.2, 0.25) is 0 Å². The third-order valence-corrected chi connectivity index (χ3v) is 3.68. The Balaban J connectivity index is 1.81. The first kappa shape index (κ1) is 17.7. The van der Waals surface area contributed by atoms with Gasteiger partial charge in [0.1, 0.15) is 0 Å². The molecule has 0 saturated heterocycles. The molecule has 2 N–H and O–H groups in total. The van der Waals surface area contributed by atoms with Crippen LogP contribution < -0.4 is 20.1 Å². The summed E-state index contributed by atoms with van der Waals surface area (Å²) in [5, 5.41) is 6.63. The van der Waals surface area contributed by atoms with E-state index in [1.54, 1.807) is 21.3 Å². The summed E-state index contributed by atoms with van der Waals surface area (Å²) in [6.07, 6.45) is 0.867. The molecule has 0 aliphatic rings. The lowest BCUT2D eigenvalue weighted by molar-refractivity contribution is 0.354. The van der Waals surface area contributed by atoms with Gasteiger partial charge in [-0.1, -0.05) is 36.4 Å². The number of methoxy groups -OCH3 is 2. The summed E-state index contributed by atoms with van der Waals surface area (Å²) in [5.41, 5.74) is 2.40. The first-order chi connectivity index (χ1) is 11.8. The molecule has 0 amide bonds. The second kappa shape index (κ2) is 9.45. The van der Waals surface area contributed by atoms with Crippen molar-refractivity contribution in [3.05, 3.63) is 59.7 Å². The highest BCUT2D eigenvalue weighted by molar-refractivity contribution is 5.79. The molecule has 24 heavy (non-hydrogen) atoms. The zero-order valence-electron chi connectivity index (χ0n) is 14.5. The van der Waals surface area contributed by atoms with Crippen molar-refractivity contribution >= 4 is 5.96 Å². The third kappa shape index (κ3) is 5.19. The Bertz CT molecular complexity index is 657. The van der Waals surface area contributed by atoms with E-state index in [0.29, 0.717) is 0 Å². The molecular formula is C19H25N3O2. The van der Waals surface area contributed by atoms with Crippen LogP contribution in [0, 0.1) is 0 Å². The molecule has 0 saturated carbocycles. The summed E-state index contributed by atoms with van der Waals surface area (Å²) in [6.45, 7) is 1.53. The number of guanidine groups is 1. The van der Waals surface area contributed by atoms with E-state index in [2.05, 4.69) is 27.8 Å². The summed E-state index contributed by atoms with van der Waals surface area (Å²) < 4.78 is 10.6. The molecule has 0 bridgehead atoms. The largest absolute Gasteiger partial charge is 0.493 e. The molecule has 5 heteroatoms. The fourth-order valence-electron chi connectivity index (χ4n) is 2.36. The summed E-state index contributed by atoms with van der Waals surface area (Å²) >= 11 is 0. The van der Waals surface area contributed by atoms with Gasteiger partial charge in [-0.3, -0.25) is 4.99 Å². The van der Waals surface area contributed by atoms with Crippen LogP contribution >= 0.6 is 0 Å². The second-order valence-corrected chi connectivity index (χ2v) is 5.28. The minimum atomic E-state index is 0.745. The minimum absolute atomic E-state index is 0.745. The van der Waals surface area contributed by atoms with Crippen LogP contribution in [0.4, 0.5) is 0 Å². The van der Waals surface area contributed by atoms with Crippen LogP contribution in [-0.4, -0.2) is 33.8 Å². The van der Waals surface area contributed by atoms with Crippen LogP contribution in [0.3, 0.4) is 0 Å². The van der Waals surface area contributed by atoms with Crippen molar-refractivity contribution in [3.8, 4) is 11.5 Å². The topological polar surface area (TPSA) is 54.9 Å². The van der Waals surface area contributed by atoms with Crippen molar-refractivity contribution in [3.63, 3.8) is 0 Å². The van der Waals surface area contributed by atoms with Crippen LogP contribution in [0.2, 0.25) is 0 Å². The zero-order valence-corrected chi connectivity index (χ0v) is 14.5. The maximum atomic E-state index is 5.33. The zero-order chi connectivity index (χ0) is 17.2. The van der Waals surface area contributed by atoms with Crippen molar-refractivity contribution in [2.75, 3.05) is 27.8 Å². The van der Waals surface area contributed by atoms with Crippen molar-refractivity contribution < 1.29 is 9.47 Å². The van der Waals surface area contributed by atoms with Crippen molar-refractivity contribution in [2.24, 2.45) is 4.99 Å². The van der Waals surface area contributed by atoms with E-state index < -0.39 is 0 Å². The van der Waals surface area contributed by atoms with E-state index in [1.165, 1.54) is 11.1 Å². The van der Waals surface area contributed by atoms with Crippen molar-refractivity contribution in [1.29, 1.82) is 0 Å². The van der Waals surface area contributed by atoms with E-state index in [4.69, 9.17) is 9.47 Å². The number of aliphatic imine (C=N–C) groups is 1. The molecule has 0 spiro atoms. The minimum Gasteiger partial charge on any atom is -0.493 e. The highest BCUT2D eigenvalue weighted by atomic mass is 16.5. The molecule has 0 heterocycles. The number of benzene rings is 2. The fraction of sp³-hybridized carbons (Fsp3) is 0.316. The molecule has 2 aromatic rings. The van der Waals surface area contributed by atoms with Gasteiger partial charge in [-0.05, 0) is 29.7 Å². The van der Waals surface area contributed by atoms with E-state index in [0.717, 1.165) is 37.0 Å². The maximum absolute atomic E-state index is 5.33. The van der Waals surface area contributed by atoms with Crippen molar-refractivity contribution in [1.82, 2.24) is 10.6 Å². The molecule has 0 aliphatic carbocycles. The first-order valence-corrected chi connectivity index (χ1v) is 7.96. The molecule has 0 fully saturated rings. The van der Waals surface area contributed by atoms with Crippen LogP contribution in [0.15, 0.2) is 53.5 Å². The van der Waals surface area contributed by atoms with Crippen LogP contribution in [0.1, 0.15) is 11.1 Å². The summed E-state index contributed by atoms with van der Waals surface area (Å²) in [7, 11) is 5.06. The Morgan fingerprint density at radius 1 is 0.917 bits per heavy atom. The van der Waals surface area contributed by atoms with E-state index in [9.17, 15) is 0 Å². The molecule has 128 valence electrons. The van der Waals surface area contributed by atoms with Gasteiger partial charge < -0.3 is 20.1 Å². The average Bonchev–Trinajstić information content (AvgIpc) is 2.65. The summed E-state index contributed by atoms with van der Waals surface area (Å²) in [4.78, 5) is 4.25. The summed E-state index contributed by atoms with van der Waals surface area (Å²) in [6, 6.07) is 16.2. The Morgan fingerprint density at radius 2 is 1.67 bits per heavy atom. The van der Waals surface area contributed by atoms with Gasteiger partial charge in [-0.15, -0.1) is 0 Å². The molecule has 0 radical (unpaired) electrons. The molecule has 0 unspecified atom stereocenters. The number of hydrogen-bond donors (Lipinski definition) is 2.